The van der Waals surface area contributed by atoms with E-state index in [0.717, 1.165) is 30.0 Å². The monoisotopic (exact) mass is 395 g/mol. The van der Waals surface area contributed by atoms with E-state index < -0.39 is 0 Å². The molecule has 6 heteroatoms. The smallest absolute Gasteiger partial charge is 0.247 e. The minimum Gasteiger partial charge on any atom is -0.454 e. The quantitative estimate of drug-likeness (QED) is 0.602. The van der Waals surface area contributed by atoms with Gasteiger partial charge in [0.05, 0.1) is 6.04 Å². The average molecular weight is 396 g/mol. The summed E-state index contributed by atoms with van der Waals surface area (Å²) < 4.78 is 10.7. The molecule has 0 bridgehead atoms. The van der Waals surface area contributed by atoms with Crippen LogP contribution >= 0.6 is 22.7 Å². The molecule has 1 atom stereocenters. The summed E-state index contributed by atoms with van der Waals surface area (Å²) in [6.07, 6.45) is 4.42. The van der Waals surface area contributed by atoms with E-state index in [1.165, 1.54) is 15.3 Å². The fraction of sp³-hybridized carbons (Fsp3) is 0.190. The lowest BCUT2D eigenvalue weighted by Crippen LogP contribution is -2.38. The summed E-state index contributed by atoms with van der Waals surface area (Å²) in [7, 11) is 0. The van der Waals surface area contributed by atoms with Gasteiger partial charge in [0.15, 0.2) is 11.5 Å². The second-order valence-electron chi connectivity index (χ2n) is 6.44. The molecular formula is C21H17NO3S2. The number of hydrogen-bond donors (Lipinski definition) is 0. The molecule has 0 fully saturated rings. The van der Waals surface area contributed by atoms with Crippen LogP contribution in [0.25, 0.3) is 6.08 Å². The van der Waals surface area contributed by atoms with E-state index >= 15 is 0 Å². The van der Waals surface area contributed by atoms with Crippen LogP contribution in [0, 0.1) is 0 Å². The molecule has 2 aromatic heterocycles. The maximum absolute atomic E-state index is 13.0. The highest BCUT2D eigenvalue weighted by Crippen LogP contribution is 2.39. The second kappa shape index (κ2) is 6.87. The number of carbonyl (C=O) groups excluding carboxylic acids is 1. The van der Waals surface area contributed by atoms with Crippen molar-refractivity contribution in [3.8, 4) is 11.5 Å². The van der Waals surface area contributed by atoms with Gasteiger partial charge in [-0.25, -0.2) is 0 Å². The first-order valence-electron chi connectivity index (χ1n) is 8.77. The van der Waals surface area contributed by atoms with Gasteiger partial charge in [0.25, 0.3) is 0 Å². The van der Waals surface area contributed by atoms with Crippen molar-refractivity contribution in [1.29, 1.82) is 0 Å². The zero-order valence-electron chi connectivity index (χ0n) is 14.5. The number of carbonyl (C=O) groups is 1. The number of nitrogens with zero attached hydrogens (tertiary/aromatic N) is 1. The van der Waals surface area contributed by atoms with Gasteiger partial charge in [-0.15, -0.1) is 22.7 Å². The number of rotatable bonds is 3. The first kappa shape index (κ1) is 16.6. The fourth-order valence-electron chi connectivity index (χ4n) is 3.59. The first-order chi connectivity index (χ1) is 13.3. The Hall–Kier alpha value is -2.57. The molecule has 1 aromatic carbocycles. The minimum atomic E-state index is 0.00824. The Labute approximate surface area is 165 Å². The largest absolute Gasteiger partial charge is 0.454 e. The maximum atomic E-state index is 13.0. The Kier molecular flexibility index (Phi) is 4.22. The summed E-state index contributed by atoms with van der Waals surface area (Å²) in [5.41, 5.74) is 2.19. The van der Waals surface area contributed by atoms with Gasteiger partial charge >= 0.3 is 0 Å². The van der Waals surface area contributed by atoms with Gasteiger partial charge in [0, 0.05) is 22.4 Å². The van der Waals surface area contributed by atoms with Gasteiger partial charge < -0.3 is 14.4 Å². The van der Waals surface area contributed by atoms with Crippen LogP contribution in [0.3, 0.4) is 0 Å². The van der Waals surface area contributed by atoms with E-state index in [0.29, 0.717) is 0 Å². The van der Waals surface area contributed by atoms with Crippen LogP contribution < -0.4 is 9.47 Å². The van der Waals surface area contributed by atoms with E-state index in [-0.39, 0.29) is 18.7 Å². The van der Waals surface area contributed by atoms with Gasteiger partial charge in [0.1, 0.15) is 0 Å². The molecule has 0 N–H and O–H groups in total. The first-order valence-corrected chi connectivity index (χ1v) is 10.5. The van der Waals surface area contributed by atoms with Crippen molar-refractivity contribution in [2.45, 2.75) is 12.5 Å². The molecule has 3 aromatic rings. The van der Waals surface area contributed by atoms with E-state index in [2.05, 4.69) is 22.9 Å². The van der Waals surface area contributed by atoms with Crippen molar-refractivity contribution in [2.75, 3.05) is 13.3 Å². The van der Waals surface area contributed by atoms with Gasteiger partial charge in [0.2, 0.25) is 12.7 Å². The predicted molar refractivity (Wildman–Crippen MR) is 107 cm³/mol. The topological polar surface area (TPSA) is 38.8 Å². The Balaban J connectivity index is 1.42. The average Bonchev–Trinajstić information content (AvgIpc) is 3.45. The number of fused-ring (bicyclic) bond motifs is 2. The van der Waals surface area contributed by atoms with Crippen molar-refractivity contribution in [3.63, 3.8) is 0 Å². The molecule has 2 aliphatic heterocycles. The number of benzene rings is 1. The Morgan fingerprint density at radius 3 is 2.93 bits per heavy atom. The molecule has 0 aliphatic carbocycles. The molecule has 1 amide bonds. The van der Waals surface area contributed by atoms with Gasteiger partial charge in [-0.05, 0) is 58.6 Å². The van der Waals surface area contributed by atoms with Crippen LogP contribution in [0.2, 0.25) is 0 Å². The summed E-state index contributed by atoms with van der Waals surface area (Å²) in [6, 6.07) is 12.0. The molecule has 136 valence electrons. The minimum absolute atomic E-state index is 0.00824. The fourth-order valence-corrected chi connectivity index (χ4v) is 5.35. The van der Waals surface area contributed by atoms with Gasteiger partial charge in [-0.3, -0.25) is 4.79 Å². The third kappa shape index (κ3) is 3.05. The van der Waals surface area contributed by atoms with Crippen molar-refractivity contribution in [1.82, 2.24) is 4.90 Å². The molecule has 5 rings (SSSR count). The second-order valence-corrected chi connectivity index (χ2v) is 8.42. The summed E-state index contributed by atoms with van der Waals surface area (Å²) in [5.74, 6) is 1.50. The van der Waals surface area contributed by atoms with Crippen molar-refractivity contribution in [3.05, 3.63) is 74.1 Å². The Bertz CT molecular complexity index is 1010. The molecule has 2 aliphatic rings. The number of hydrogen-bond acceptors (Lipinski definition) is 5. The van der Waals surface area contributed by atoms with Crippen LogP contribution in [-0.4, -0.2) is 24.1 Å². The van der Waals surface area contributed by atoms with E-state index in [4.69, 9.17) is 9.47 Å². The number of ether oxygens (including phenoxy) is 2. The van der Waals surface area contributed by atoms with Crippen LogP contribution in [0.1, 0.15) is 26.9 Å². The number of amides is 1. The van der Waals surface area contributed by atoms with Crippen LogP contribution in [0.15, 0.2) is 53.2 Å². The van der Waals surface area contributed by atoms with Crippen LogP contribution in [0.4, 0.5) is 0 Å². The summed E-state index contributed by atoms with van der Waals surface area (Å²) in [6.45, 7) is 0.987. The van der Waals surface area contributed by atoms with Gasteiger partial charge in [-0.2, -0.15) is 0 Å². The summed E-state index contributed by atoms with van der Waals surface area (Å²) in [4.78, 5) is 17.6. The predicted octanol–water partition coefficient (Wildman–Crippen LogP) is 4.73. The zero-order chi connectivity index (χ0) is 18.2. The SMILES string of the molecule is O=C(/C=C/c1ccc2c(c1)OCO2)N1CCc2sccc2[C@H]1c1cccs1. The lowest BCUT2D eigenvalue weighted by molar-refractivity contribution is -0.127. The molecule has 4 nitrogen and oxygen atoms in total. The van der Waals surface area contributed by atoms with E-state index in [1.54, 1.807) is 28.7 Å². The number of thiophene rings is 2. The molecule has 0 saturated carbocycles. The van der Waals surface area contributed by atoms with Crippen molar-refractivity contribution in [2.24, 2.45) is 0 Å². The molecule has 0 radical (unpaired) electrons. The zero-order valence-corrected chi connectivity index (χ0v) is 16.1. The molecule has 4 heterocycles. The normalized spacial score (nSPS) is 18.1. The van der Waals surface area contributed by atoms with Crippen LogP contribution in [-0.2, 0) is 11.2 Å². The Morgan fingerprint density at radius 2 is 2.04 bits per heavy atom. The molecule has 0 spiro atoms. The maximum Gasteiger partial charge on any atom is 0.247 e. The van der Waals surface area contributed by atoms with E-state index in [1.807, 2.05) is 35.2 Å². The highest BCUT2D eigenvalue weighted by Gasteiger charge is 2.32. The third-order valence-electron chi connectivity index (χ3n) is 4.88. The Morgan fingerprint density at radius 1 is 1.11 bits per heavy atom. The molecule has 27 heavy (non-hydrogen) atoms. The molecule has 0 unspecified atom stereocenters. The lowest BCUT2D eigenvalue weighted by Gasteiger charge is -2.34. The highest BCUT2D eigenvalue weighted by molar-refractivity contribution is 7.10. The third-order valence-corrected chi connectivity index (χ3v) is 6.80. The van der Waals surface area contributed by atoms with Crippen LogP contribution in [0.5, 0.6) is 11.5 Å². The van der Waals surface area contributed by atoms with Crippen molar-refractivity contribution < 1.29 is 14.3 Å². The van der Waals surface area contributed by atoms with Crippen molar-refractivity contribution >= 4 is 34.7 Å². The van der Waals surface area contributed by atoms with Gasteiger partial charge in [-0.1, -0.05) is 12.1 Å². The summed E-state index contributed by atoms with van der Waals surface area (Å²) >= 11 is 3.49. The molecule has 0 saturated heterocycles. The van der Waals surface area contributed by atoms with E-state index in [9.17, 15) is 4.79 Å². The standard InChI is InChI=1S/C21H17NO3S2/c23-20(6-4-14-3-5-16-17(12-14)25-13-24-16)22-9-7-18-15(8-11-27-18)21(22)19-2-1-10-26-19/h1-6,8,10-12,21H,7,9,13H2/b6-4+/t21-/m0/s1. The lowest BCUT2D eigenvalue weighted by atomic mass is 9.98. The summed E-state index contributed by atoms with van der Waals surface area (Å²) in [5, 5.41) is 4.20. The molecular weight excluding hydrogens is 378 g/mol. The highest BCUT2D eigenvalue weighted by atomic mass is 32.1.